The van der Waals surface area contributed by atoms with Gasteiger partial charge in [-0.15, -0.1) is 5.10 Å². The molecule has 11 nitrogen and oxygen atoms in total. The van der Waals surface area contributed by atoms with Crippen molar-refractivity contribution in [3.05, 3.63) is 52.5 Å². The van der Waals surface area contributed by atoms with E-state index >= 15 is 0 Å². The van der Waals surface area contributed by atoms with Gasteiger partial charge >= 0.3 is 11.7 Å². The lowest BCUT2D eigenvalue weighted by Crippen LogP contribution is -2.07. The summed E-state index contributed by atoms with van der Waals surface area (Å²) in [6.45, 7) is 1.91. The lowest BCUT2D eigenvalue weighted by Gasteiger charge is -2.07. The zero-order valence-electron chi connectivity index (χ0n) is 13.7. The molecule has 0 amide bonds. The molecule has 0 radical (unpaired) electrons. The number of nitro groups is 1. The number of ether oxygens (including phenoxy) is 2. The molecule has 11 heteroatoms. The molecule has 134 valence electrons. The summed E-state index contributed by atoms with van der Waals surface area (Å²) in [6.07, 6.45) is 2.40. The van der Waals surface area contributed by atoms with Crippen LogP contribution in [0, 0.1) is 10.1 Å². The molecule has 0 aliphatic rings. The van der Waals surface area contributed by atoms with Crippen molar-refractivity contribution in [3.8, 4) is 17.0 Å². The Kier molecular flexibility index (Phi) is 4.87. The van der Waals surface area contributed by atoms with Gasteiger partial charge in [0.25, 0.3) is 0 Å². The van der Waals surface area contributed by atoms with Gasteiger partial charge in [-0.25, -0.2) is 9.48 Å². The van der Waals surface area contributed by atoms with Gasteiger partial charge in [0, 0.05) is 5.56 Å². The number of nitrogens with one attached hydrogen (secondary N) is 1. The SMILES string of the molecule is CCOC(=O)c1n[nH]nc1-c1cccc(OCn2cc([N+](=O)[O-])cn2)c1. The van der Waals surface area contributed by atoms with E-state index in [1.807, 2.05) is 0 Å². The molecule has 1 N–H and O–H groups in total. The van der Waals surface area contributed by atoms with Crippen LogP contribution >= 0.6 is 0 Å². The summed E-state index contributed by atoms with van der Waals surface area (Å²) in [4.78, 5) is 22.0. The quantitative estimate of drug-likeness (QED) is 0.383. The first-order valence-electron chi connectivity index (χ1n) is 7.56. The zero-order chi connectivity index (χ0) is 18.5. The third-order valence-electron chi connectivity index (χ3n) is 3.32. The molecule has 3 aromatic rings. The maximum Gasteiger partial charge on any atom is 0.361 e. The first-order valence-corrected chi connectivity index (χ1v) is 7.56. The summed E-state index contributed by atoms with van der Waals surface area (Å²) in [5, 5.41) is 24.7. The molecular formula is C15H14N6O5. The second-order valence-electron chi connectivity index (χ2n) is 5.04. The fourth-order valence-corrected chi connectivity index (χ4v) is 2.17. The minimum Gasteiger partial charge on any atom is -0.471 e. The van der Waals surface area contributed by atoms with Gasteiger partial charge in [-0.1, -0.05) is 12.1 Å². The first kappa shape index (κ1) is 17.1. The van der Waals surface area contributed by atoms with E-state index in [2.05, 4.69) is 20.5 Å². The summed E-state index contributed by atoms with van der Waals surface area (Å²) < 4.78 is 11.8. The number of esters is 1. The monoisotopic (exact) mass is 358 g/mol. The second-order valence-corrected chi connectivity index (χ2v) is 5.04. The van der Waals surface area contributed by atoms with Gasteiger partial charge in [0.15, 0.2) is 12.4 Å². The van der Waals surface area contributed by atoms with E-state index in [0.717, 1.165) is 6.20 Å². The molecular weight excluding hydrogens is 344 g/mol. The fourth-order valence-electron chi connectivity index (χ4n) is 2.17. The summed E-state index contributed by atoms with van der Waals surface area (Å²) >= 11 is 0. The number of H-pyrrole nitrogens is 1. The van der Waals surface area contributed by atoms with Gasteiger partial charge in [0.05, 0.1) is 11.5 Å². The fraction of sp³-hybridized carbons (Fsp3) is 0.200. The summed E-state index contributed by atoms with van der Waals surface area (Å²) in [5.41, 5.74) is 0.894. The number of aromatic nitrogens is 5. The molecule has 0 unspecified atom stereocenters. The minimum atomic E-state index is -0.577. The van der Waals surface area contributed by atoms with E-state index in [1.165, 1.54) is 10.9 Å². The van der Waals surface area contributed by atoms with E-state index < -0.39 is 10.9 Å². The van der Waals surface area contributed by atoms with Crippen LogP contribution < -0.4 is 4.74 Å². The van der Waals surface area contributed by atoms with Crippen molar-refractivity contribution < 1.29 is 19.2 Å². The maximum absolute atomic E-state index is 11.9. The van der Waals surface area contributed by atoms with Crippen LogP contribution in [0.15, 0.2) is 36.7 Å². The predicted octanol–water partition coefficient (Wildman–Crippen LogP) is 1.79. The van der Waals surface area contributed by atoms with Crippen LogP contribution in [0.2, 0.25) is 0 Å². The standard InChI is InChI=1S/C15H14N6O5/c1-2-25-15(22)14-13(17-19-18-14)10-4-3-5-12(6-10)26-9-20-8-11(7-16-20)21(23)24/h3-8H,2,9H2,1H3,(H,17,18,19). The Hall–Kier alpha value is -3.76. The first-order chi connectivity index (χ1) is 12.6. The van der Waals surface area contributed by atoms with Crippen molar-refractivity contribution in [1.29, 1.82) is 0 Å². The Balaban J connectivity index is 1.75. The van der Waals surface area contributed by atoms with Crippen molar-refractivity contribution in [1.82, 2.24) is 25.2 Å². The van der Waals surface area contributed by atoms with Gasteiger partial charge in [-0.05, 0) is 19.1 Å². The molecule has 1 aromatic carbocycles. The van der Waals surface area contributed by atoms with Crippen molar-refractivity contribution >= 4 is 11.7 Å². The summed E-state index contributed by atoms with van der Waals surface area (Å²) in [5.74, 6) is -0.107. The van der Waals surface area contributed by atoms with E-state index in [9.17, 15) is 14.9 Å². The van der Waals surface area contributed by atoms with Gasteiger partial charge in [0.2, 0.25) is 0 Å². The molecule has 0 fully saturated rings. The molecule has 26 heavy (non-hydrogen) atoms. The Bertz CT molecular complexity index is 934. The van der Waals surface area contributed by atoms with E-state index in [-0.39, 0.29) is 24.7 Å². The number of rotatable bonds is 7. The van der Waals surface area contributed by atoms with E-state index in [4.69, 9.17) is 9.47 Å². The van der Waals surface area contributed by atoms with Crippen LogP contribution in [-0.2, 0) is 11.5 Å². The number of hydrogen-bond donors (Lipinski definition) is 1. The van der Waals surface area contributed by atoms with Gasteiger partial charge in [-0.2, -0.15) is 15.4 Å². The lowest BCUT2D eigenvalue weighted by atomic mass is 10.1. The number of benzene rings is 1. The van der Waals surface area contributed by atoms with Crippen molar-refractivity contribution in [3.63, 3.8) is 0 Å². The average molecular weight is 358 g/mol. The number of nitrogens with zero attached hydrogens (tertiary/aromatic N) is 5. The molecule has 0 saturated heterocycles. The summed E-state index contributed by atoms with van der Waals surface area (Å²) in [7, 11) is 0. The molecule has 0 aliphatic heterocycles. The third-order valence-corrected chi connectivity index (χ3v) is 3.32. The normalized spacial score (nSPS) is 10.5. The highest BCUT2D eigenvalue weighted by Gasteiger charge is 2.19. The predicted molar refractivity (Wildman–Crippen MR) is 87.3 cm³/mol. The molecule has 2 aromatic heterocycles. The Morgan fingerprint density at radius 3 is 2.96 bits per heavy atom. The Morgan fingerprint density at radius 1 is 1.38 bits per heavy atom. The number of carbonyl (C=O) groups excluding carboxylic acids is 1. The number of carbonyl (C=O) groups is 1. The van der Waals surface area contributed by atoms with Crippen LogP contribution in [-0.4, -0.2) is 42.7 Å². The highest BCUT2D eigenvalue weighted by Crippen LogP contribution is 2.25. The lowest BCUT2D eigenvalue weighted by molar-refractivity contribution is -0.385. The highest BCUT2D eigenvalue weighted by atomic mass is 16.6. The third kappa shape index (κ3) is 3.66. The maximum atomic E-state index is 11.9. The highest BCUT2D eigenvalue weighted by molar-refractivity contribution is 5.93. The van der Waals surface area contributed by atoms with Crippen LogP contribution in [0.5, 0.6) is 5.75 Å². The van der Waals surface area contributed by atoms with E-state index in [1.54, 1.807) is 31.2 Å². The molecule has 0 spiro atoms. The van der Waals surface area contributed by atoms with Crippen molar-refractivity contribution in [2.45, 2.75) is 13.7 Å². The smallest absolute Gasteiger partial charge is 0.361 e. The zero-order valence-corrected chi connectivity index (χ0v) is 13.7. The van der Waals surface area contributed by atoms with Crippen LogP contribution in [0.3, 0.4) is 0 Å². The second kappa shape index (κ2) is 7.42. The molecule has 3 rings (SSSR count). The molecule has 0 aliphatic carbocycles. The summed E-state index contributed by atoms with van der Waals surface area (Å²) in [6, 6.07) is 6.83. The van der Waals surface area contributed by atoms with Crippen LogP contribution in [0.4, 0.5) is 5.69 Å². The minimum absolute atomic E-state index is 0.0131. The molecule has 0 bridgehead atoms. The van der Waals surface area contributed by atoms with Gasteiger partial charge in [0.1, 0.15) is 23.8 Å². The Morgan fingerprint density at radius 2 is 2.23 bits per heavy atom. The van der Waals surface area contributed by atoms with Gasteiger partial charge < -0.3 is 9.47 Å². The van der Waals surface area contributed by atoms with Crippen molar-refractivity contribution in [2.75, 3.05) is 6.61 Å². The Labute approximate surface area is 146 Å². The molecule has 0 saturated carbocycles. The molecule has 0 atom stereocenters. The van der Waals surface area contributed by atoms with Gasteiger partial charge in [-0.3, -0.25) is 10.1 Å². The number of hydrogen-bond acceptors (Lipinski definition) is 8. The van der Waals surface area contributed by atoms with Crippen LogP contribution in [0.1, 0.15) is 17.4 Å². The largest absolute Gasteiger partial charge is 0.471 e. The van der Waals surface area contributed by atoms with E-state index in [0.29, 0.717) is 17.0 Å². The van der Waals surface area contributed by atoms with Crippen molar-refractivity contribution in [2.24, 2.45) is 0 Å². The average Bonchev–Trinajstić information content (AvgIpc) is 3.30. The number of aromatic amines is 1. The topological polar surface area (TPSA) is 138 Å². The molecule has 2 heterocycles. The van der Waals surface area contributed by atoms with Crippen LogP contribution in [0.25, 0.3) is 11.3 Å².